The van der Waals surface area contributed by atoms with Crippen LogP contribution in [0.3, 0.4) is 0 Å². The van der Waals surface area contributed by atoms with E-state index >= 15 is 0 Å². The molecule has 0 aliphatic carbocycles. The highest BCUT2D eigenvalue weighted by atomic mass is 32.1. The number of nitrogens with one attached hydrogen (secondary N) is 1. The number of hydrogen-bond donors (Lipinski definition) is 2. The van der Waals surface area contributed by atoms with Gasteiger partial charge >= 0.3 is 11.9 Å². The van der Waals surface area contributed by atoms with Gasteiger partial charge in [-0.3, -0.25) is 0 Å². The van der Waals surface area contributed by atoms with E-state index in [-0.39, 0.29) is 10.3 Å². The van der Waals surface area contributed by atoms with E-state index in [1.165, 1.54) is 14.2 Å². The van der Waals surface area contributed by atoms with Gasteiger partial charge in [-0.1, -0.05) is 11.8 Å². The maximum Gasteiger partial charge on any atom is 0.350 e. The predicted octanol–water partition coefficient (Wildman–Crippen LogP) is 2.83. The lowest BCUT2D eigenvalue weighted by atomic mass is 9.98. The number of ether oxygens (including phenoxy) is 2. The van der Waals surface area contributed by atoms with E-state index in [0.717, 1.165) is 11.3 Å². The molecule has 1 aromatic rings. The minimum absolute atomic E-state index is 0.183. The molecule has 0 fully saturated rings. The van der Waals surface area contributed by atoms with Gasteiger partial charge in [-0.05, 0) is 33.8 Å². The summed E-state index contributed by atoms with van der Waals surface area (Å²) in [6.07, 6.45) is -0.586. The summed E-state index contributed by atoms with van der Waals surface area (Å²) in [4.78, 5) is 24.3. The molecule has 24 heavy (non-hydrogen) atoms. The fourth-order valence-corrected chi connectivity index (χ4v) is 2.63. The van der Waals surface area contributed by atoms with Gasteiger partial charge in [-0.25, -0.2) is 9.59 Å². The third-order valence-corrected chi connectivity index (χ3v) is 4.11. The molecule has 0 saturated heterocycles. The summed E-state index contributed by atoms with van der Waals surface area (Å²) in [6, 6.07) is 0.657. The van der Waals surface area contributed by atoms with Crippen molar-refractivity contribution in [1.29, 1.82) is 0 Å². The number of carbonyl (C=O) groups excluding carboxylic acids is 1. The summed E-state index contributed by atoms with van der Waals surface area (Å²) in [6.45, 7) is 7.58. The van der Waals surface area contributed by atoms with E-state index in [9.17, 15) is 14.7 Å². The summed E-state index contributed by atoms with van der Waals surface area (Å²) < 4.78 is 9.86. The Morgan fingerprint density at radius 2 is 1.96 bits per heavy atom. The molecule has 6 nitrogen and oxygen atoms in total. The first-order chi connectivity index (χ1) is 11.1. The van der Waals surface area contributed by atoms with Crippen molar-refractivity contribution in [1.82, 2.24) is 0 Å². The zero-order valence-corrected chi connectivity index (χ0v) is 15.5. The Labute approximate surface area is 146 Å². The van der Waals surface area contributed by atoms with Crippen LogP contribution in [0.5, 0.6) is 0 Å². The van der Waals surface area contributed by atoms with Crippen LogP contribution in [0.2, 0.25) is 0 Å². The lowest BCUT2D eigenvalue weighted by molar-refractivity contribution is -0.140. The van der Waals surface area contributed by atoms with Crippen molar-refractivity contribution in [3.8, 4) is 11.8 Å². The third-order valence-electron chi connectivity index (χ3n) is 3.08. The van der Waals surface area contributed by atoms with Crippen molar-refractivity contribution < 1.29 is 24.2 Å². The molecule has 1 aromatic heterocycles. The first-order valence-electron chi connectivity index (χ1n) is 7.36. The van der Waals surface area contributed by atoms with Crippen molar-refractivity contribution in [3.05, 3.63) is 15.8 Å². The molecule has 2 atom stereocenters. The smallest absolute Gasteiger partial charge is 0.350 e. The first kappa shape index (κ1) is 20.0. The number of methoxy groups -OCH3 is 2. The number of carbonyl (C=O) groups is 2. The van der Waals surface area contributed by atoms with Crippen molar-refractivity contribution in [2.45, 2.75) is 39.8 Å². The van der Waals surface area contributed by atoms with Gasteiger partial charge < -0.3 is 19.9 Å². The van der Waals surface area contributed by atoms with Crippen LogP contribution >= 0.6 is 11.3 Å². The number of carboxylic acid groups (broad SMARTS) is 1. The van der Waals surface area contributed by atoms with Crippen molar-refractivity contribution in [2.75, 3.05) is 19.5 Å². The van der Waals surface area contributed by atoms with E-state index in [1.807, 2.05) is 20.8 Å². The molecule has 0 unspecified atom stereocenters. The zero-order chi connectivity index (χ0) is 18.5. The monoisotopic (exact) mass is 353 g/mol. The maximum atomic E-state index is 12.0. The molecule has 0 spiro atoms. The molecule has 0 amide bonds. The fraction of sp³-hybridized carbons (Fsp3) is 0.529. The molecular weight excluding hydrogens is 330 g/mol. The van der Waals surface area contributed by atoms with Gasteiger partial charge in [-0.15, -0.1) is 11.3 Å². The second-order valence-corrected chi connectivity index (χ2v) is 7.30. The number of carboxylic acids is 1. The largest absolute Gasteiger partial charge is 0.480 e. The molecule has 0 aliphatic rings. The quantitative estimate of drug-likeness (QED) is 0.604. The summed E-state index contributed by atoms with van der Waals surface area (Å²) in [7, 11) is 2.70. The minimum atomic E-state index is -1.08. The SMILES string of the molecule is COC(=O)c1sc(C#CC(C)(C)C)cc1N[C@H](C(=O)O)[C@H](C)OC. The second-order valence-electron chi connectivity index (χ2n) is 6.25. The molecule has 0 radical (unpaired) electrons. The number of anilines is 1. The molecule has 0 bridgehead atoms. The topological polar surface area (TPSA) is 84.9 Å². The highest BCUT2D eigenvalue weighted by Gasteiger charge is 2.27. The number of rotatable bonds is 6. The van der Waals surface area contributed by atoms with E-state index in [4.69, 9.17) is 9.47 Å². The molecule has 1 rings (SSSR count). The first-order valence-corrected chi connectivity index (χ1v) is 8.18. The van der Waals surface area contributed by atoms with Crippen LogP contribution in [0.4, 0.5) is 5.69 Å². The minimum Gasteiger partial charge on any atom is -0.480 e. The van der Waals surface area contributed by atoms with Gasteiger partial charge in [-0.2, -0.15) is 0 Å². The van der Waals surface area contributed by atoms with Crippen LogP contribution in [0.25, 0.3) is 0 Å². The maximum absolute atomic E-state index is 12.0. The van der Waals surface area contributed by atoms with Gasteiger partial charge in [0.05, 0.1) is 23.8 Å². The molecule has 0 aliphatic heterocycles. The Morgan fingerprint density at radius 3 is 2.42 bits per heavy atom. The lowest BCUT2D eigenvalue weighted by Crippen LogP contribution is -2.40. The number of aliphatic carboxylic acids is 1. The average molecular weight is 353 g/mol. The van der Waals surface area contributed by atoms with Crippen molar-refractivity contribution >= 4 is 29.0 Å². The van der Waals surface area contributed by atoms with E-state index < -0.39 is 24.1 Å². The Hall–Kier alpha value is -2.04. The van der Waals surface area contributed by atoms with Crippen LogP contribution in [0, 0.1) is 17.3 Å². The van der Waals surface area contributed by atoms with Crippen LogP contribution in [0.15, 0.2) is 6.07 Å². The van der Waals surface area contributed by atoms with Gasteiger partial charge in [0, 0.05) is 12.5 Å². The Kier molecular flexibility index (Phi) is 6.81. The van der Waals surface area contributed by atoms with Crippen molar-refractivity contribution in [3.63, 3.8) is 0 Å². The summed E-state index contributed by atoms with van der Waals surface area (Å²) >= 11 is 1.16. The third kappa shape index (κ3) is 5.55. The zero-order valence-electron chi connectivity index (χ0n) is 14.7. The highest BCUT2D eigenvalue weighted by molar-refractivity contribution is 7.15. The van der Waals surface area contributed by atoms with E-state index in [1.54, 1.807) is 13.0 Å². The molecule has 1 heterocycles. The van der Waals surface area contributed by atoms with Gasteiger partial charge in [0.15, 0.2) is 6.04 Å². The summed E-state index contributed by atoms with van der Waals surface area (Å²) in [5.74, 6) is 4.48. The van der Waals surface area contributed by atoms with E-state index in [0.29, 0.717) is 10.6 Å². The summed E-state index contributed by atoms with van der Waals surface area (Å²) in [5, 5.41) is 12.2. The average Bonchev–Trinajstić information content (AvgIpc) is 2.91. The van der Waals surface area contributed by atoms with Gasteiger partial charge in [0.25, 0.3) is 0 Å². The Balaban J connectivity index is 3.24. The standard InChI is InChI=1S/C17H23NO5S/c1-10(22-5)13(15(19)20)18-12-9-11(7-8-17(2,3)4)24-14(12)16(21)23-6/h9-10,13,18H,1-6H3,(H,19,20)/t10-,13-/m0/s1. The normalized spacial score (nSPS) is 13.4. The molecule has 0 saturated carbocycles. The Morgan fingerprint density at radius 1 is 1.33 bits per heavy atom. The number of hydrogen-bond acceptors (Lipinski definition) is 6. The molecule has 7 heteroatoms. The van der Waals surface area contributed by atoms with Crippen LogP contribution in [-0.2, 0) is 14.3 Å². The van der Waals surface area contributed by atoms with Gasteiger partial charge in [0.2, 0.25) is 0 Å². The number of thiophene rings is 1. The molecule has 2 N–H and O–H groups in total. The van der Waals surface area contributed by atoms with E-state index in [2.05, 4.69) is 17.2 Å². The highest BCUT2D eigenvalue weighted by Crippen LogP contribution is 2.29. The van der Waals surface area contributed by atoms with Gasteiger partial charge in [0.1, 0.15) is 4.88 Å². The molecular formula is C17H23NO5S. The molecule has 132 valence electrons. The van der Waals surface area contributed by atoms with Crippen LogP contribution < -0.4 is 5.32 Å². The summed E-state index contributed by atoms with van der Waals surface area (Å²) in [5.41, 5.74) is 0.193. The number of esters is 1. The second kappa shape index (κ2) is 8.18. The van der Waals surface area contributed by atoms with Crippen molar-refractivity contribution in [2.24, 2.45) is 5.41 Å². The van der Waals surface area contributed by atoms with Crippen LogP contribution in [-0.4, -0.2) is 43.4 Å². The fourth-order valence-electron chi connectivity index (χ4n) is 1.74. The van der Waals surface area contributed by atoms with Crippen LogP contribution in [0.1, 0.15) is 42.2 Å². The lowest BCUT2D eigenvalue weighted by Gasteiger charge is -2.21. The predicted molar refractivity (Wildman–Crippen MR) is 93.5 cm³/mol. The Bertz CT molecular complexity index is 663. The molecule has 0 aromatic carbocycles.